The first-order chi connectivity index (χ1) is 8.39. The summed E-state index contributed by atoms with van der Waals surface area (Å²) in [6.45, 7) is 8.04. The minimum atomic E-state index is -0.404. The van der Waals surface area contributed by atoms with Gasteiger partial charge in [-0.25, -0.2) is 0 Å². The molecule has 0 spiro atoms. The van der Waals surface area contributed by atoms with E-state index in [1.807, 2.05) is 33.8 Å². The summed E-state index contributed by atoms with van der Waals surface area (Å²) in [6.07, 6.45) is 3.48. The molecule has 0 aliphatic carbocycles. The molecule has 18 heavy (non-hydrogen) atoms. The van der Waals surface area contributed by atoms with E-state index in [4.69, 9.17) is 10.3 Å². The van der Waals surface area contributed by atoms with Crippen molar-refractivity contribution in [1.82, 2.24) is 15.1 Å². The summed E-state index contributed by atoms with van der Waals surface area (Å²) in [5, 5.41) is 3.96. The van der Waals surface area contributed by atoms with Crippen molar-refractivity contribution in [2.45, 2.75) is 39.2 Å². The molecule has 0 radical (unpaired) electrons. The van der Waals surface area contributed by atoms with Crippen LogP contribution in [0.15, 0.2) is 23.0 Å². The maximum atomic E-state index is 6.15. The predicted molar refractivity (Wildman–Crippen MR) is 68.0 cm³/mol. The fraction of sp³-hybridized carbons (Fsp3) is 0.462. The Bertz CT molecular complexity index is 542. The zero-order valence-corrected chi connectivity index (χ0v) is 11.1. The lowest BCUT2D eigenvalue weighted by Gasteiger charge is -2.11. The molecule has 96 valence electrons. The van der Waals surface area contributed by atoms with E-state index in [-0.39, 0.29) is 5.41 Å². The summed E-state index contributed by atoms with van der Waals surface area (Å²) in [7, 11) is 0. The molecule has 5 nitrogen and oxygen atoms in total. The summed E-state index contributed by atoms with van der Waals surface area (Å²) in [5.74, 6) is 1.09. The Morgan fingerprint density at radius 1 is 1.33 bits per heavy atom. The zero-order valence-electron chi connectivity index (χ0n) is 11.1. The third kappa shape index (κ3) is 2.41. The van der Waals surface area contributed by atoms with Gasteiger partial charge in [-0.15, -0.1) is 0 Å². The molecule has 2 aromatic rings. The molecule has 5 heteroatoms. The monoisotopic (exact) mass is 246 g/mol. The average Bonchev–Trinajstić information content (AvgIpc) is 2.77. The van der Waals surface area contributed by atoms with Gasteiger partial charge in [-0.05, 0) is 24.1 Å². The number of aryl methyl sites for hydroxylation is 1. The van der Waals surface area contributed by atoms with E-state index >= 15 is 0 Å². The molecule has 0 bridgehead atoms. The molecule has 0 aromatic carbocycles. The lowest BCUT2D eigenvalue weighted by atomic mass is 9.97. The highest BCUT2D eigenvalue weighted by atomic mass is 16.5. The third-order valence-electron chi connectivity index (χ3n) is 2.78. The number of hydrogen-bond donors (Lipinski definition) is 1. The highest BCUT2D eigenvalue weighted by Crippen LogP contribution is 2.24. The predicted octanol–water partition coefficient (Wildman–Crippen LogP) is 2.12. The number of nitrogens with two attached hydrogens (primary N) is 1. The van der Waals surface area contributed by atoms with E-state index in [1.165, 1.54) is 0 Å². The summed E-state index contributed by atoms with van der Waals surface area (Å²) in [4.78, 5) is 8.45. The summed E-state index contributed by atoms with van der Waals surface area (Å²) < 4.78 is 5.25. The normalized spacial score (nSPS) is 13.6. The second-order valence-corrected chi connectivity index (χ2v) is 5.42. The van der Waals surface area contributed by atoms with Gasteiger partial charge in [0, 0.05) is 17.8 Å². The van der Waals surface area contributed by atoms with Crippen LogP contribution in [0.5, 0.6) is 0 Å². The van der Waals surface area contributed by atoms with Crippen molar-refractivity contribution in [3.05, 3.63) is 41.3 Å². The van der Waals surface area contributed by atoms with Crippen molar-refractivity contribution in [3.8, 4) is 0 Å². The molecule has 0 aliphatic heterocycles. The van der Waals surface area contributed by atoms with Gasteiger partial charge in [0.2, 0.25) is 5.89 Å². The van der Waals surface area contributed by atoms with E-state index in [9.17, 15) is 0 Å². The molecule has 2 heterocycles. The van der Waals surface area contributed by atoms with Crippen LogP contribution in [-0.2, 0) is 5.41 Å². The van der Waals surface area contributed by atoms with Gasteiger partial charge >= 0.3 is 0 Å². The van der Waals surface area contributed by atoms with Crippen LogP contribution in [0.25, 0.3) is 0 Å². The van der Waals surface area contributed by atoms with Crippen molar-refractivity contribution >= 4 is 0 Å². The Morgan fingerprint density at radius 2 is 2.06 bits per heavy atom. The molecule has 2 rings (SSSR count). The topological polar surface area (TPSA) is 77.8 Å². The van der Waals surface area contributed by atoms with Gasteiger partial charge in [-0.1, -0.05) is 25.9 Å². The van der Waals surface area contributed by atoms with Crippen molar-refractivity contribution in [1.29, 1.82) is 0 Å². The average molecular weight is 246 g/mol. The number of nitrogens with zero attached hydrogens (tertiary/aromatic N) is 3. The minimum Gasteiger partial charge on any atom is -0.339 e. The Morgan fingerprint density at radius 3 is 2.61 bits per heavy atom. The molecular formula is C13H18N4O. The van der Waals surface area contributed by atoms with E-state index in [1.54, 1.807) is 12.4 Å². The Labute approximate surface area is 106 Å². The first-order valence-corrected chi connectivity index (χ1v) is 5.90. The molecule has 1 unspecified atom stereocenters. The first kappa shape index (κ1) is 12.7. The molecule has 0 amide bonds. The minimum absolute atomic E-state index is 0.172. The number of aromatic nitrogens is 3. The molecule has 0 saturated heterocycles. The van der Waals surface area contributed by atoms with Gasteiger partial charge in [0.25, 0.3) is 0 Å². The molecular weight excluding hydrogens is 228 g/mol. The molecule has 2 N–H and O–H groups in total. The van der Waals surface area contributed by atoms with Gasteiger partial charge in [0.15, 0.2) is 5.82 Å². The van der Waals surface area contributed by atoms with Gasteiger partial charge in [-0.2, -0.15) is 4.98 Å². The second kappa shape index (κ2) is 4.49. The van der Waals surface area contributed by atoms with Crippen LogP contribution in [-0.4, -0.2) is 15.1 Å². The maximum absolute atomic E-state index is 6.15. The van der Waals surface area contributed by atoms with Crippen LogP contribution >= 0.6 is 0 Å². The maximum Gasteiger partial charge on any atom is 0.232 e. The number of hydrogen-bond acceptors (Lipinski definition) is 5. The van der Waals surface area contributed by atoms with Crippen LogP contribution < -0.4 is 5.73 Å². The molecule has 0 saturated carbocycles. The smallest absolute Gasteiger partial charge is 0.232 e. The molecule has 0 aliphatic rings. The van der Waals surface area contributed by atoms with E-state index in [0.29, 0.717) is 11.7 Å². The van der Waals surface area contributed by atoms with Gasteiger partial charge < -0.3 is 10.3 Å². The summed E-state index contributed by atoms with van der Waals surface area (Å²) >= 11 is 0. The highest BCUT2D eigenvalue weighted by molar-refractivity contribution is 5.28. The van der Waals surface area contributed by atoms with E-state index in [0.717, 1.165) is 11.1 Å². The lowest BCUT2D eigenvalue weighted by Crippen LogP contribution is -2.16. The van der Waals surface area contributed by atoms with Gasteiger partial charge in [0.1, 0.15) is 0 Å². The summed E-state index contributed by atoms with van der Waals surface area (Å²) in [5.41, 5.74) is 7.96. The number of rotatable bonds is 2. The van der Waals surface area contributed by atoms with Crippen molar-refractivity contribution in [3.63, 3.8) is 0 Å². The van der Waals surface area contributed by atoms with E-state index < -0.39 is 6.04 Å². The van der Waals surface area contributed by atoms with Gasteiger partial charge in [-0.3, -0.25) is 4.98 Å². The van der Waals surface area contributed by atoms with Gasteiger partial charge in [0.05, 0.1) is 6.04 Å². The van der Waals surface area contributed by atoms with Crippen molar-refractivity contribution in [2.24, 2.45) is 5.73 Å². The quantitative estimate of drug-likeness (QED) is 0.878. The second-order valence-electron chi connectivity index (χ2n) is 5.42. The number of pyridine rings is 1. The van der Waals surface area contributed by atoms with Crippen LogP contribution in [0.1, 0.15) is 49.7 Å². The largest absolute Gasteiger partial charge is 0.339 e. The highest BCUT2D eigenvalue weighted by Gasteiger charge is 2.24. The van der Waals surface area contributed by atoms with Crippen LogP contribution in [0.2, 0.25) is 0 Å². The fourth-order valence-electron chi connectivity index (χ4n) is 1.61. The Kier molecular flexibility index (Phi) is 3.17. The van der Waals surface area contributed by atoms with Crippen LogP contribution in [0, 0.1) is 6.92 Å². The first-order valence-electron chi connectivity index (χ1n) is 5.90. The van der Waals surface area contributed by atoms with Crippen molar-refractivity contribution < 1.29 is 4.52 Å². The molecule has 0 fully saturated rings. The lowest BCUT2D eigenvalue weighted by molar-refractivity contribution is 0.317. The fourth-order valence-corrected chi connectivity index (χ4v) is 1.61. The SMILES string of the molecule is Cc1ccncc1C(N)c1noc(C(C)(C)C)n1. The van der Waals surface area contributed by atoms with Crippen LogP contribution in [0.3, 0.4) is 0 Å². The summed E-state index contributed by atoms with van der Waals surface area (Å²) in [6, 6.07) is 1.51. The Hall–Kier alpha value is -1.75. The van der Waals surface area contributed by atoms with Crippen LogP contribution in [0.4, 0.5) is 0 Å². The third-order valence-corrected chi connectivity index (χ3v) is 2.78. The Balaban J connectivity index is 2.33. The molecule has 1 atom stereocenters. The van der Waals surface area contributed by atoms with E-state index in [2.05, 4.69) is 15.1 Å². The molecule has 2 aromatic heterocycles. The standard InChI is InChI=1S/C13H18N4O/c1-8-5-6-15-7-9(8)10(14)11-16-12(18-17-11)13(2,3)4/h5-7,10H,14H2,1-4H3. The van der Waals surface area contributed by atoms with Crippen molar-refractivity contribution in [2.75, 3.05) is 0 Å². The zero-order chi connectivity index (χ0) is 13.3.